The Balaban J connectivity index is 1.81. The highest BCUT2D eigenvalue weighted by atomic mass is 16.5. The van der Waals surface area contributed by atoms with Gasteiger partial charge in [0, 0.05) is 5.92 Å². The summed E-state index contributed by atoms with van der Waals surface area (Å²) in [4.78, 5) is 24.6. The lowest BCUT2D eigenvalue weighted by molar-refractivity contribution is -0.142. The summed E-state index contributed by atoms with van der Waals surface area (Å²) in [5.41, 5.74) is 0. The van der Waals surface area contributed by atoms with Gasteiger partial charge < -0.3 is 9.15 Å². The van der Waals surface area contributed by atoms with E-state index >= 15 is 0 Å². The van der Waals surface area contributed by atoms with Crippen LogP contribution in [0.4, 0.5) is 6.01 Å². The van der Waals surface area contributed by atoms with Gasteiger partial charge in [-0.2, -0.15) is 0 Å². The van der Waals surface area contributed by atoms with Crippen LogP contribution in [0.2, 0.25) is 0 Å². The first-order valence-corrected chi connectivity index (χ1v) is 6.54. The zero-order chi connectivity index (χ0) is 14.5. The Morgan fingerprint density at radius 2 is 2.15 bits per heavy atom. The van der Waals surface area contributed by atoms with Gasteiger partial charge in [-0.3, -0.25) is 19.8 Å². The summed E-state index contributed by atoms with van der Waals surface area (Å²) < 4.78 is 9.90. The number of ether oxygens (including phenoxy) is 1. The summed E-state index contributed by atoms with van der Waals surface area (Å²) in [6.45, 7) is 2.54. The number of methoxy groups -OCH3 is 1. The van der Waals surface area contributed by atoms with Gasteiger partial charge in [-0.15, -0.1) is 5.10 Å². The van der Waals surface area contributed by atoms with Gasteiger partial charge in [-0.1, -0.05) is 12.0 Å². The standard InChI is InChI=1S/C12H18N4O4/c1-3-16(7-10(18)19-2)6-9(17)13-12-15-14-11(20-12)8-4-5-8/h8H,3-7H2,1-2H3,(H,13,15,17). The maximum atomic E-state index is 11.8. The molecule has 2 rings (SSSR count). The molecule has 0 aromatic carbocycles. The third kappa shape index (κ3) is 4.02. The highest BCUT2D eigenvalue weighted by Gasteiger charge is 2.29. The van der Waals surface area contributed by atoms with Gasteiger partial charge in [0.15, 0.2) is 0 Å². The van der Waals surface area contributed by atoms with E-state index in [9.17, 15) is 9.59 Å². The van der Waals surface area contributed by atoms with E-state index in [1.165, 1.54) is 7.11 Å². The van der Waals surface area contributed by atoms with Gasteiger partial charge in [0.2, 0.25) is 11.8 Å². The van der Waals surface area contributed by atoms with E-state index in [4.69, 9.17) is 4.42 Å². The number of amides is 1. The fourth-order valence-electron chi connectivity index (χ4n) is 1.67. The second-order valence-electron chi connectivity index (χ2n) is 4.65. The summed E-state index contributed by atoms with van der Waals surface area (Å²) >= 11 is 0. The van der Waals surface area contributed by atoms with Gasteiger partial charge in [0.25, 0.3) is 0 Å². The van der Waals surface area contributed by atoms with Crippen molar-refractivity contribution < 1.29 is 18.7 Å². The minimum Gasteiger partial charge on any atom is -0.468 e. The Kier molecular flexibility index (Phi) is 4.67. The van der Waals surface area contributed by atoms with Crippen LogP contribution in [0.1, 0.15) is 31.6 Å². The SMILES string of the molecule is CCN(CC(=O)Nc1nnc(C2CC2)o1)CC(=O)OC. The Morgan fingerprint density at radius 1 is 1.40 bits per heavy atom. The lowest BCUT2D eigenvalue weighted by Gasteiger charge is -2.17. The zero-order valence-electron chi connectivity index (χ0n) is 11.6. The second kappa shape index (κ2) is 6.47. The monoisotopic (exact) mass is 282 g/mol. The van der Waals surface area contributed by atoms with Crippen molar-refractivity contribution in [3.8, 4) is 0 Å². The largest absolute Gasteiger partial charge is 0.468 e. The number of nitrogens with zero attached hydrogens (tertiary/aromatic N) is 3. The van der Waals surface area contributed by atoms with Crippen molar-refractivity contribution in [2.75, 3.05) is 32.1 Å². The quantitative estimate of drug-likeness (QED) is 0.722. The van der Waals surface area contributed by atoms with Gasteiger partial charge in [0.05, 0.1) is 20.2 Å². The normalized spacial score (nSPS) is 14.3. The Hall–Kier alpha value is -1.96. The maximum absolute atomic E-state index is 11.8. The summed E-state index contributed by atoms with van der Waals surface area (Å²) in [7, 11) is 1.31. The van der Waals surface area contributed by atoms with Crippen LogP contribution in [-0.4, -0.2) is 53.7 Å². The van der Waals surface area contributed by atoms with Crippen LogP contribution in [0.5, 0.6) is 0 Å². The number of nitrogens with one attached hydrogen (secondary N) is 1. The molecule has 1 heterocycles. The Labute approximate surface area is 116 Å². The number of anilines is 1. The van der Waals surface area contributed by atoms with Crippen molar-refractivity contribution in [3.05, 3.63) is 5.89 Å². The average Bonchev–Trinajstić information content (AvgIpc) is 3.18. The molecule has 0 atom stereocenters. The number of carbonyl (C=O) groups is 2. The molecule has 8 heteroatoms. The van der Waals surface area contributed by atoms with Crippen molar-refractivity contribution in [2.45, 2.75) is 25.7 Å². The highest BCUT2D eigenvalue weighted by molar-refractivity contribution is 5.90. The number of esters is 1. The highest BCUT2D eigenvalue weighted by Crippen LogP contribution is 2.39. The molecule has 0 aliphatic heterocycles. The van der Waals surface area contributed by atoms with E-state index in [1.807, 2.05) is 6.92 Å². The molecule has 1 aliphatic carbocycles. The van der Waals surface area contributed by atoms with Crippen LogP contribution < -0.4 is 5.32 Å². The first-order valence-electron chi connectivity index (χ1n) is 6.54. The van der Waals surface area contributed by atoms with Gasteiger partial charge in [-0.25, -0.2) is 0 Å². The van der Waals surface area contributed by atoms with Gasteiger partial charge in [0.1, 0.15) is 0 Å². The van der Waals surface area contributed by atoms with Gasteiger partial charge in [-0.05, 0) is 19.4 Å². The molecule has 1 aromatic rings. The van der Waals surface area contributed by atoms with Crippen molar-refractivity contribution in [2.24, 2.45) is 0 Å². The molecule has 1 aliphatic rings. The second-order valence-corrected chi connectivity index (χ2v) is 4.65. The third-order valence-electron chi connectivity index (χ3n) is 3.01. The molecule has 1 N–H and O–H groups in total. The molecule has 0 spiro atoms. The number of carbonyl (C=O) groups excluding carboxylic acids is 2. The first kappa shape index (κ1) is 14.4. The third-order valence-corrected chi connectivity index (χ3v) is 3.01. The van der Waals surface area contributed by atoms with Crippen molar-refractivity contribution in [3.63, 3.8) is 0 Å². The number of hydrogen-bond donors (Lipinski definition) is 1. The van der Waals surface area contributed by atoms with Crippen molar-refractivity contribution >= 4 is 17.9 Å². The van der Waals surface area contributed by atoms with Crippen LogP contribution >= 0.6 is 0 Å². The number of aromatic nitrogens is 2. The summed E-state index contributed by atoms with van der Waals surface area (Å²) in [6, 6.07) is 0.103. The lowest BCUT2D eigenvalue weighted by Crippen LogP contribution is -2.37. The number of likely N-dealkylation sites (N-methyl/N-ethyl adjacent to an activating group) is 1. The minimum atomic E-state index is -0.381. The van der Waals surface area contributed by atoms with Crippen molar-refractivity contribution in [1.82, 2.24) is 15.1 Å². The topological polar surface area (TPSA) is 97.6 Å². The van der Waals surface area contributed by atoms with E-state index < -0.39 is 0 Å². The lowest BCUT2D eigenvalue weighted by atomic mass is 10.4. The zero-order valence-corrected chi connectivity index (χ0v) is 11.6. The minimum absolute atomic E-state index is 0.0622. The Morgan fingerprint density at radius 3 is 2.75 bits per heavy atom. The molecular weight excluding hydrogens is 264 g/mol. The van der Waals surface area contributed by atoms with E-state index in [0.29, 0.717) is 18.4 Å². The molecule has 0 radical (unpaired) electrons. The van der Waals surface area contributed by atoms with Crippen LogP contribution in [-0.2, 0) is 14.3 Å². The van der Waals surface area contributed by atoms with E-state index in [-0.39, 0.29) is 31.0 Å². The van der Waals surface area contributed by atoms with E-state index in [2.05, 4.69) is 20.3 Å². The first-order chi connectivity index (χ1) is 9.62. The van der Waals surface area contributed by atoms with Crippen LogP contribution in [0.3, 0.4) is 0 Å². The van der Waals surface area contributed by atoms with E-state index in [0.717, 1.165) is 12.8 Å². The predicted molar refractivity (Wildman–Crippen MR) is 69.0 cm³/mol. The van der Waals surface area contributed by atoms with Crippen LogP contribution in [0.15, 0.2) is 4.42 Å². The van der Waals surface area contributed by atoms with Crippen LogP contribution in [0, 0.1) is 0 Å². The number of hydrogen-bond acceptors (Lipinski definition) is 7. The molecule has 110 valence electrons. The fraction of sp³-hybridized carbons (Fsp3) is 0.667. The summed E-state index contributed by atoms with van der Waals surface area (Å²) in [5, 5.41) is 10.2. The predicted octanol–water partition coefficient (Wildman–Crippen LogP) is 0.380. The molecule has 8 nitrogen and oxygen atoms in total. The van der Waals surface area contributed by atoms with Crippen LogP contribution in [0.25, 0.3) is 0 Å². The molecule has 0 saturated heterocycles. The molecular formula is C12H18N4O4. The molecule has 1 saturated carbocycles. The smallest absolute Gasteiger partial charge is 0.322 e. The average molecular weight is 282 g/mol. The Bertz CT molecular complexity index is 484. The molecule has 0 unspecified atom stereocenters. The molecule has 1 aromatic heterocycles. The van der Waals surface area contributed by atoms with Crippen molar-refractivity contribution in [1.29, 1.82) is 0 Å². The fourth-order valence-corrected chi connectivity index (χ4v) is 1.67. The maximum Gasteiger partial charge on any atom is 0.322 e. The van der Waals surface area contributed by atoms with E-state index in [1.54, 1.807) is 4.90 Å². The number of rotatable bonds is 7. The molecule has 1 amide bonds. The summed E-state index contributed by atoms with van der Waals surface area (Å²) in [5.74, 6) is 0.233. The summed E-state index contributed by atoms with van der Waals surface area (Å²) in [6.07, 6.45) is 2.11. The molecule has 20 heavy (non-hydrogen) atoms. The molecule has 0 bridgehead atoms. The van der Waals surface area contributed by atoms with Gasteiger partial charge >= 0.3 is 12.0 Å². The molecule has 1 fully saturated rings.